The molecule has 0 bridgehead atoms. The Morgan fingerprint density at radius 2 is 0.753 bits per heavy atom. The van der Waals surface area contributed by atoms with Gasteiger partial charge >= 0.3 is 0 Å². The van der Waals surface area contributed by atoms with Gasteiger partial charge in [0.25, 0.3) is 0 Å². The van der Waals surface area contributed by atoms with Gasteiger partial charge in [-0.1, -0.05) is 255 Å². The molecule has 14 aromatic carbocycles. The molecule has 0 amide bonds. The van der Waals surface area contributed by atoms with Crippen LogP contribution in [0, 0.1) is 0 Å². The zero-order chi connectivity index (χ0) is 55.8. The van der Waals surface area contributed by atoms with Crippen LogP contribution < -0.4 is 9.64 Å². The molecular weight excluding hydrogens is 1030 g/mol. The summed E-state index contributed by atoms with van der Waals surface area (Å²) in [6.07, 6.45) is 0. The van der Waals surface area contributed by atoms with Gasteiger partial charge in [0.1, 0.15) is 22.7 Å². The Morgan fingerprint density at radius 1 is 0.271 bits per heavy atom. The van der Waals surface area contributed by atoms with Crippen LogP contribution in [0.2, 0.25) is 0 Å². The number of para-hydroxylation sites is 1. The Morgan fingerprint density at radius 3 is 1.40 bits per heavy atom. The Balaban J connectivity index is 0.820. The summed E-state index contributed by atoms with van der Waals surface area (Å²) in [6.45, 7) is 0. The second kappa shape index (κ2) is 18.2. The molecule has 1 aliphatic heterocycles. The molecule has 0 saturated heterocycles. The number of anilines is 3. The summed E-state index contributed by atoms with van der Waals surface area (Å²) in [4.78, 5) is 2.47. The highest BCUT2D eigenvalue weighted by Crippen LogP contribution is 2.65. The molecule has 0 atom stereocenters. The number of fused-ring (bicyclic) bond motifs is 19. The van der Waals surface area contributed by atoms with Crippen LogP contribution in [0.5, 0.6) is 11.5 Å². The van der Waals surface area contributed by atoms with Crippen molar-refractivity contribution < 1.29 is 9.15 Å². The maximum absolute atomic E-state index is 7.29. The maximum Gasteiger partial charge on any atom is 0.140 e. The number of nitrogens with zero attached hydrogens (tertiary/aromatic N) is 1. The number of ether oxygens (including phenoxy) is 1. The first kappa shape index (κ1) is 47.6. The van der Waals surface area contributed by atoms with E-state index in [0.717, 1.165) is 105 Å². The summed E-state index contributed by atoms with van der Waals surface area (Å²) in [7, 11) is 0. The Labute approximate surface area is 492 Å². The minimum atomic E-state index is -0.654. The zero-order valence-electron chi connectivity index (χ0n) is 46.2. The fourth-order valence-corrected chi connectivity index (χ4v) is 15.2. The summed E-state index contributed by atoms with van der Waals surface area (Å²) in [5, 5.41) is 6.78. The highest BCUT2D eigenvalue weighted by atomic mass is 16.5. The van der Waals surface area contributed by atoms with Gasteiger partial charge in [0.15, 0.2) is 0 Å². The van der Waals surface area contributed by atoms with E-state index in [1.807, 2.05) is 12.1 Å². The molecule has 0 saturated carbocycles. The van der Waals surface area contributed by atoms with Gasteiger partial charge in [-0.2, -0.15) is 0 Å². The minimum absolute atomic E-state index is 0.560. The molecule has 3 heteroatoms. The predicted molar refractivity (Wildman–Crippen MR) is 349 cm³/mol. The Hall–Kier alpha value is -11.0. The van der Waals surface area contributed by atoms with Gasteiger partial charge in [-0.3, -0.25) is 0 Å². The van der Waals surface area contributed by atoms with Gasteiger partial charge in [-0.05, 0) is 138 Å². The molecule has 0 fully saturated rings. The van der Waals surface area contributed by atoms with Crippen molar-refractivity contribution in [1.82, 2.24) is 0 Å². The SMILES string of the molecule is c1ccc(C2(c3ccccc3)c3ccccc3-c3c(N(c4ccc(-c5ccc6c(c5)C5(c7ccccc7-6)c6ccc7ccccc7c6Oc6c5ccc5ccccc65)cc4)c4ccc(-c5ccc6c(c5)oc5ccccc56)cc4)cccc32)cc1. The summed E-state index contributed by atoms with van der Waals surface area (Å²) in [5.74, 6) is 1.83. The zero-order valence-corrected chi connectivity index (χ0v) is 46.2. The topological polar surface area (TPSA) is 25.6 Å². The van der Waals surface area contributed by atoms with Gasteiger partial charge in [0, 0.05) is 49.6 Å². The fraction of sp³-hybridized carbons (Fsp3) is 0.0244. The largest absolute Gasteiger partial charge is 0.456 e. The third-order valence-electron chi connectivity index (χ3n) is 18.8. The fourth-order valence-electron chi connectivity index (χ4n) is 15.2. The second-order valence-electron chi connectivity index (χ2n) is 23.0. The van der Waals surface area contributed by atoms with Gasteiger partial charge in [-0.25, -0.2) is 0 Å². The van der Waals surface area contributed by atoms with Crippen LogP contribution in [-0.2, 0) is 10.8 Å². The first-order valence-electron chi connectivity index (χ1n) is 29.4. The molecule has 3 nitrogen and oxygen atoms in total. The number of furan rings is 1. The third-order valence-corrected chi connectivity index (χ3v) is 18.8. The van der Waals surface area contributed by atoms with Crippen molar-refractivity contribution in [3.8, 4) is 56.0 Å². The number of hydrogen-bond donors (Lipinski definition) is 0. The lowest BCUT2D eigenvalue weighted by Gasteiger charge is -2.40. The summed E-state index contributed by atoms with van der Waals surface area (Å²) < 4.78 is 13.7. The Bertz CT molecular complexity index is 5090. The average Bonchev–Trinajstić information content (AvgIpc) is 1.70. The van der Waals surface area contributed by atoms with E-state index in [2.05, 4.69) is 302 Å². The molecule has 1 aromatic heterocycles. The summed E-state index contributed by atoms with van der Waals surface area (Å²) in [6, 6.07) is 114. The quantitative estimate of drug-likeness (QED) is 0.159. The van der Waals surface area contributed by atoms with Crippen molar-refractivity contribution in [2.24, 2.45) is 0 Å². The van der Waals surface area contributed by atoms with E-state index in [1.54, 1.807) is 0 Å². The summed E-state index contributed by atoms with van der Waals surface area (Å²) >= 11 is 0. The van der Waals surface area contributed by atoms with Gasteiger partial charge < -0.3 is 14.1 Å². The monoisotopic (exact) mass is 1080 g/mol. The van der Waals surface area contributed by atoms with Crippen LogP contribution >= 0.6 is 0 Å². The van der Waals surface area contributed by atoms with E-state index in [0.29, 0.717) is 0 Å². The highest BCUT2D eigenvalue weighted by molar-refractivity contribution is 6.06. The van der Waals surface area contributed by atoms with Crippen molar-refractivity contribution >= 4 is 60.5 Å². The van der Waals surface area contributed by atoms with Crippen LogP contribution in [0.3, 0.4) is 0 Å². The minimum Gasteiger partial charge on any atom is -0.456 e. The molecule has 1 spiro atoms. The van der Waals surface area contributed by atoms with Gasteiger partial charge in [0.05, 0.1) is 16.5 Å². The number of rotatable bonds is 7. The number of hydrogen-bond acceptors (Lipinski definition) is 3. The third kappa shape index (κ3) is 6.72. The molecule has 85 heavy (non-hydrogen) atoms. The van der Waals surface area contributed by atoms with Crippen LogP contribution in [0.4, 0.5) is 17.1 Å². The molecule has 0 N–H and O–H groups in total. The molecule has 2 aliphatic carbocycles. The van der Waals surface area contributed by atoms with Crippen LogP contribution in [-0.4, -0.2) is 0 Å². The lowest BCUT2D eigenvalue weighted by Crippen LogP contribution is -2.32. The molecule has 18 rings (SSSR count). The van der Waals surface area contributed by atoms with Crippen LogP contribution in [0.15, 0.2) is 314 Å². The van der Waals surface area contributed by atoms with Crippen molar-refractivity contribution in [1.29, 1.82) is 0 Å². The van der Waals surface area contributed by atoms with E-state index >= 15 is 0 Å². The van der Waals surface area contributed by atoms with Crippen molar-refractivity contribution in [2.75, 3.05) is 4.90 Å². The molecule has 15 aromatic rings. The lowest BCUT2D eigenvalue weighted by molar-refractivity contribution is 0.447. The average molecular weight is 1080 g/mol. The van der Waals surface area contributed by atoms with Gasteiger partial charge in [0.2, 0.25) is 0 Å². The van der Waals surface area contributed by atoms with E-state index in [-0.39, 0.29) is 0 Å². The van der Waals surface area contributed by atoms with Crippen molar-refractivity contribution in [3.05, 3.63) is 354 Å². The highest BCUT2D eigenvalue weighted by Gasteiger charge is 2.52. The predicted octanol–water partition coefficient (Wildman–Crippen LogP) is 21.5. The Kier molecular flexibility index (Phi) is 10.2. The molecule has 2 heterocycles. The molecule has 0 unspecified atom stereocenters. The molecule has 3 aliphatic rings. The lowest BCUT2D eigenvalue weighted by atomic mass is 9.65. The number of benzene rings is 14. The van der Waals surface area contributed by atoms with Crippen LogP contribution in [0.1, 0.15) is 44.5 Å². The molecule has 396 valence electrons. The second-order valence-corrected chi connectivity index (χ2v) is 23.0. The first-order valence-corrected chi connectivity index (χ1v) is 29.4. The van der Waals surface area contributed by atoms with Crippen molar-refractivity contribution in [2.45, 2.75) is 10.8 Å². The van der Waals surface area contributed by atoms with E-state index < -0.39 is 10.8 Å². The van der Waals surface area contributed by atoms with E-state index in [4.69, 9.17) is 9.15 Å². The van der Waals surface area contributed by atoms with Crippen LogP contribution in [0.25, 0.3) is 88.0 Å². The van der Waals surface area contributed by atoms with E-state index in [9.17, 15) is 0 Å². The summed E-state index contributed by atoms with van der Waals surface area (Å²) in [5.41, 5.74) is 23.1. The standard InChI is InChI=1S/C82H51NO2/c1-3-20-58(21-4-1)81(59-22-5-2-6-23-59)70-30-15-12-28-68(70)78-71(81)31-17-32-75(78)83(61-44-36-53(37-45-61)57-39-47-67-66-27-13-16-33-76(66)84-77(67)51-57)60-42-34-52(35-43-60)56-38-46-65-64-26-11-14-29-69(64)82(74(65)50-56)72-48-40-54-18-7-9-24-62(54)79(72)85-80-63-25-10-8-19-55(63)41-49-73(80)82/h1-51H. The molecular formula is C82H51NO2. The molecule has 0 radical (unpaired) electrons. The smallest absolute Gasteiger partial charge is 0.140 e. The normalized spacial score (nSPS) is 13.7. The van der Waals surface area contributed by atoms with E-state index in [1.165, 1.54) is 55.6 Å². The first-order chi connectivity index (χ1) is 42.1. The van der Waals surface area contributed by atoms with Gasteiger partial charge in [-0.15, -0.1) is 0 Å². The van der Waals surface area contributed by atoms with Crippen molar-refractivity contribution in [3.63, 3.8) is 0 Å². The maximum atomic E-state index is 7.29.